The highest BCUT2D eigenvalue weighted by Gasteiger charge is 2.47. The SMILES string of the molecule is COc1ccc(Oc2ccc(CNC(=O)C3(NC(=O)c4cncnc4)CCN(C(=O)O)C3)c(Cl)c2)c(Cl)c1. The van der Waals surface area contributed by atoms with Gasteiger partial charge in [0.05, 0.1) is 24.2 Å². The summed E-state index contributed by atoms with van der Waals surface area (Å²) >= 11 is 12.7. The number of carbonyl (C=O) groups excluding carboxylic acids is 2. The van der Waals surface area contributed by atoms with E-state index in [1.54, 1.807) is 36.4 Å². The number of methoxy groups -OCH3 is 1. The van der Waals surface area contributed by atoms with E-state index in [1.165, 1.54) is 25.8 Å². The Morgan fingerprint density at radius 2 is 1.79 bits per heavy atom. The van der Waals surface area contributed by atoms with Crippen molar-refractivity contribution < 1.29 is 29.0 Å². The molecule has 198 valence electrons. The monoisotopic (exact) mass is 559 g/mol. The van der Waals surface area contributed by atoms with E-state index in [1.807, 2.05) is 0 Å². The van der Waals surface area contributed by atoms with E-state index < -0.39 is 23.4 Å². The van der Waals surface area contributed by atoms with Crippen LogP contribution in [0.3, 0.4) is 0 Å². The molecule has 4 rings (SSSR count). The third-order valence-electron chi connectivity index (χ3n) is 5.98. The summed E-state index contributed by atoms with van der Waals surface area (Å²) in [6, 6.07) is 9.93. The average Bonchev–Trinajstić information content (AvgIpc) is 3.35. The second-order valence-electron chi connectivity index (χ2n) is 8.45. The lowest BCUT2D eigenvalue weighted by Gasteiger charge is -2.29. The fraction of sp³-hybridized carbons (Fsp3) is 0.240. The van der Waals surface area contributed by atoms with Crippen LogP contribution in [0.5, 0.6) is 17.2 Å². The van der Waals surface area contributed by atoms with Crippen molar-refractivity contribution >= 4 is 41.1 Å². The van der Waals surface area contributed by atoms with Crippen LogP contribution in [0.15, 0.2) is 55.1 Å². The van der Waals surface area contributed by atoms with Gasteiger partial charge in [-0.2, -0.15) is 0 Å². The molecule has 3 aromatic rings. The van der Waals surface area contributed by atoms with Crippen LogP contribution in [-0.4, -0.2) is 63.6 Å². The molecule has 0 aliphatic carbocycles. The van der Waals surface area contributed by atoms with Crippen molar-refractivity contribution in [3.05, 3.63) is 76.3 Å². The van der Waals surface area contributed by atoms with Crippen LogP contribution >= 0.6 is 23.2 Å². The van der Waals surface area contributed by atoms with Crippen LogP contribution in [0.2, 0.25) is 10.0 Å². The third-order valence-corrected chi connectivity index (χ3v) is 6.63. The third kappa shape index (κ3) is 6.06. The van der Waals surface area contributed by atoms with Crippen molar-refractivity contribution in [1.29, 1.82) is 0 Å². The Hall–Kier alpha value is -4.09. The number of rotatable bonds is 8. The molecule has 11 nitrogen and oxygen atoms in total. The Morgan fingerprint density at radius 3 is 2.42 bits per heavy atom. The zero-order chi connectivity index (χ0) is 27.3. The molecule has 2 heterocycles. The summed E-state index contributed by atoms with van der Waals surface area (Å²) < 4.78 is 10.9. The van der Waals surface area contributed by atoms with Crippen molar-refractivity contribution in [1.82, 2.24) is 25.5 Å². The van der Waals surface area contributed by atoms with Crippen molar-refractivity contribution in [2.24, 2.45) is 0 Å². The molecule has 0 bridgehead atoms. The highest BCUT2D eigenvalue weighted by atomic mass is 35.5. The lowest BCUT2D eigenvalue weighted by Crippen LogP contribution is -2.60. The first-order valence-electron chi connectivity index (χ1n) is 11.3. The van der Waals surface area contributed by atoms with Crippen LogP contribution in [0, 0.1) is 0 Å². The maximum Gasteiger partial charge on any atom is 0.407 e. The van der Waals surface area contributed by atoms with Gasteiger partial charge in [-0.1, -0.05) is 29.3 Å². The number of ether oxygens (including phenoxy) is 2. The van der Waals surface area contributed by atoms with E-state index in [0.29, 0.717) is 32.9 Å². The van der Waals surface area contributed by atoms with Gasteiger partial charge in [0.1, 0.15) is 29.1 Å². The molecule has 3 amide bonds. The van der Waals surface area contributed by atoms with Gasteiger partial charge in [0.15, 0.2) is 0 Å². The summed E-state index contributed by atoms with van der Waals surface area (Å²) in [5.74, 6) is 0.290. The summed E-state index contributed by atoms with van der Waals surface area (Å²) in [5, 5.41) is 15.5. The molecule has 1 atom stereocenters. The maximum absolute atomic E-state index is 13.3. The summed E-state index contributed by atoms with van der Waals surface area (Å²) in [7, 11) is 1.53. The van der Waals surface area contributed by atoms with Gasteiger partial charge in [0.2, 0.25) is 5.91 Å². The largest absolute Gasteiger partial charge is 0.497 e. The minimum absolute atomic E-state index is 0.0282. The van der Waals surface area contributed by atoms with Gasteiger partial charge in [-0.05, 0) is 36.2 Å². The topological polar surface area (TPSA) is 143 Å². The molecular formula is C25H23Cl2N5O6. The quantitative estimate of drug-likeness (QED) is 0.378. The van der Waals surface area contributed by atoms with Gasteiger partial charge >= 0.3 is 6.09 Å². The average molecular weight is 560 g/mol. The Labute approximate surface area is 227 Å². The number of hydrogen-bond acceptors (Lipinski definition) is 7. The van der Waals surface area contributed by atoms with Crippen LogP contribution in [0.4, 0.5) is 4.79 Å². The summed E-state index contributed by atoms with van der Waals surface area (Å²) in [4.78, 5) is 46.3. The second kappa shape index (κ2) is 11.5. The Bertz CT molecular complexity index is 1360. The van der Waals surface area contributed by atoms with Crippen LogP contribution in [-0.2, 0) is 11.3 Å². The minimum atomic E-state index is -1.48. The Balaban J connectivity index is 1.45. The number of nitrogens with zero attached hydrogens (tertiary/aromatic N) is 3. The van der Waals surface area contributed by atoms with Crippen molar-refractivity contribution in [2.75, 3.05) is 20.2 Å². The first kappa shape index (κ1) is 27.0. The Kier molecular flexibility index (Phi) is 8.18. The summed E-state index contributed by atoms with van der Waals surface area (Å²) in [6.45, 7) is -0.105. The number of nitrogens with one attached hydrogen (secondary N) is 2. The molecule has 38 heavy (non-hydrogen) atoms. The van der Waals surface area contributed by atoms with E-state index in [2.05, 4.69) is 20.6 Å². The molecule has 1 aromatic heterocycles. The number of carboxylic acid groups (broad SMARTS) is 1. The molecule has 0 radical (unpaired) electrons. The molecule has 1 unspecified atom stereocenters. The normalized spacial score (nSPS) is 16.6. The minimum Gasteiger partial charge on any atom is -0.497 e. The lowest BCUT2D eigenvalue weighted by atomic mass is 9.96. The zero-order valence-corrected chi connectivity index (χ0v) is 21.6. The highest BCUT2D eigenvalue weighted by molar-refractivity contribution is 6.32. The molecule has 2 aromatic carbocycles. The predicted octanol–water partition coefficient (Wildman–Crippen LogP) is 3.75. The molecule has 1 aliphatic heterocycles. The second-order valence-corrected chi connectivity index (χ2v) is 9.27. The number of halogens is 2. The molecule has 1 fully saturated rings. The smallest absolute Gasteiger partial charge is 0.407 e. The van der Waals surface area contributed by atoms with Crippen LogP contribution in [0.1, 0.15) is 22.3 Å². The first-order valence-corrected chi connectivity index (χ1v) is 12.1. The number of amides is 3. The lowest BCUT2D eigenvalue weighted by molar-refractivity contribution is -0.127. The summed E-state index contributed by atoms with van der Waals surface area (Å²) in [6.07, 6.45) is 2.79. The van der Waals surface area contributed by atoms with Gasteiger partial charge in [-0.15, -0.1) is 0 Å². The molecule has 1 saturated heterocycles. The van der Waals surface area contributed by atoms with Gasteiger partial charge in [0, 0.05) is 36.6 Å². The number of aromatic nitrogens is 2. The molecular weight excluding hydrogens is 537 g/mol. The fourth-order valence-corrected chi connectivity index (χ4v) is 4.37. The number of carbonyl (C=O) groups is 3. The van der Waals surface area contributed by atoms with Crippen molar-refractivity contribution in [3.8, 4) is 17.2 Å². The van der Waals surface area contributed by atoms with Gasteiger partial charge in [0.25, 0.3) is 5.91 Å². The van der Waals surface area contributed by atoms with Crippen LogP contribution < -0.4 is 20.1 Å². The van der Waals surface area contributed by atoms with Gasteiger partial charge < -0.3 is 30.1 Å². The molecule has 0 spiro atoms. The molecule has 13 heteroatoms. The summed E-state index contributed by atoms with van der Waals surface area (Å²) in [5.41, 5.74) is -0.755. The first-order chi connectivity index (χ1) is 18.2. The highest BCUT2D eigenvalue weighted by Crippen LogP contribution is 2.34. The van der Waals surface area contributed by atoms with Crippen LogP contribution in [0.25, 0.3) is 0 Å². The molecule has 3 N–H and O–H groups in total. The van der Waals surface area contributed by atoms with Gasteiger partial charge in [-0.3, -0.25) is 9.59 Å². The maximum atomic E-state index is 13.3. The number of hydrogen-bond donors (Lipinski definition) is 3. The van der Waals surface area contributed by atoms with E-state index in [-0.39, 0.29) is 31.6 Å². The van der Waals surface area contributed by atoms with E-state index >= 15 is 0 Å². The van der Waals surface area contributed by atoms with Crippen molar-refractivity contribution in [3.63, 3.8) is 0 Å². The number of benzene rings is 2. The molecule has 0 saturated carbocycles. The molecule has 1 aliphatic rings. The van der Waals surface area contributed by atoms with Gasteiger partial charge in [-0.25, -0.2) is 14.8 Å². The van der Waals surface area contributed by atoms with E-state index in [9.17, 15) is 19.5 Å². The standard InChI is InChI=1S/C25H23Cl2N5O6/c1-37-17-4-5-21(20(27)8-17)38-18-3-2-15(19(26)9-18)12-30-23(34)25(6-7-32(13-25)24(35)36)31-22(33)16-10-28-14-29-11-16/h2-5,8-11,14H,6-7,12-13H2,1H3,(H,30,34)(H,31,33)(H,35,36). The Morgan fingerprint density at radius 1 is 1.08 bits per heavy atom. The van der Waals surface area contributed by atoms with Crippen molar-refractivity contribution in [2.45, 2.75) is 18.5 Å². The number of likely N-dealkylation sites (tertiary alicyclic amines) is 1. The van der Waals surface area contributed by atoms with E-state index in [4.69, 9.17) is 32.7 Å². The fourth-order valence-electron chi connectivity index (χ4n) is 3.92. The van der Waals surface area contributed by atoms with E-state index in [0.717, 1.165) is 4.90 Å². The zero-order valence-electron chi connectivity index (χ0n) is 20.1. The predicted molar refractivity (Wildman–Crippen MR) is 138 cm³/mol.